The summed E-state index contributed by atoms with van der Waals surface area (Å²) >= 11 is 0. The van der Waals surface area contributed by atoms with Gasteiger partial charge in [0.25, 0.3) is 0 Å². The van der Waals surface area contributed by atoms with E-state index in [0.29, 0.717) is 12.1 Å². The van der Waals surface area contributed by atoms with Crippen LogP contribution < -0.4 is 5.32 Å². The minimum Gasteiger partial charge on any atom is -0.380 e. The third kappa shape index (κ3) is 3.77. The first-order valence-electron chi connectivity index (χ1n) is 9.65. The van der Waals surface area contributed by atoms with Gasteiger partial charge in [0.05, 0.1) is 0 Å². The molecule has 144 valence electrons. The van der Waals surface area contributed by atoms with Gasteiger partial charge in [0.15, 0.2) is 0 Å². The van der Waals surface area contributed by atoms with Gasteiger partial charge in [0.1, 0.15) is 5.82 Å². The fourth-order valence-corrected chi connectivity index (χ4v) is 3.72. The molecule has 1 aliphatic rings. The van der Waals surface area contributed by atoms with Crippen LogP contribution in [0.3, 0.4) is 0 Å². The Bertz CT molecular complexity index is 1120. The molecular formula is C26H23FN2. The Morgan fingerprint density at radius 3 is 2.66 bits per heavy atom. The second kappa shape index (κ2) is 7.88. The Labute approximate surface area is 171 Å². The van der Waals surface area contributed by atoms with E-state index in [4.69, 9.17) is 0 Å². The van der Waals surface area contributed by atoms with Gasteiger partial charge in [-0.1, -0.05) is 42.5 Å². The minimum absolute atomic E-state index is 0.222. The van der Waals surface area contributed by atoms with E-state index in [9.17, 15) is 4.39 Å². The molecule has 0 saturated carbocycles. The normalized spacial score (nSPS) is 13.3. The maximum Gasteiger partial charge on any atom is 0.130 e. The lowest BCUT2D eigenvalue weighted by molar-refractivity contribution is 0.624. The number of hydrogen-bond donors (Lipinski definition) is 1. The minimum atomic E-state index is -0.222. The predicted molar refractivity (Wildman–Crippen MR) is 119 cm³/mol. The molecule has 2 heterocycles. The fraction of sp³-hybridized carbons (Fsp3) is 0.115. The van der Waals surface area contributed by atoms with Crippen LogP contribution in [0.1, 0.15) is 27.8 Å². The number of aryl methyl sites for hydroxylation is 2. The predicted octanol–water partition coefficient (Wildman–Crippen LogP) is 6.33. The lowest BCUT2D eigenvalue weighted by atomic mass is 9.86. The van der Waals surface area contributed by atoms with Gasteiger partial charge in [-0.2, -0.15) is 0 Å². The Morgan fingerprint density at radius 2 is 1.90 bits per heavy atom. The molecule has 0 radical (unpaired) electrons. The fourth-order valence-electron chi connectivity index (χ4n) is 3.72. The number of fused-ring (bicyclic) bond motifs is 1. The van der Waals surface area contributed by atoms with Crippen LogP contribution in [0.4, 0.5) is 10.1 Å². The number of aromatic nitrogens is 1. The number of benzene rings is 2. The van der Waals surface area contributed by atoms with Crippen LogP contribution in [-0.2, 0) is 0 Å². The first kappa shape index (κ1) is 18.9. The second-order valence-corrected chi connectivity index (χ2v) is 7.32. The van der Waals surface area contributed by atoms with Crippen LogP contribution in [0.25, 0.3) is 11.6 Å². The first-order chi connectivity index (χ1) is 14.0. The monoisotopic (exact) mass is 382 g/mol. The lowest BCUT2D eigenvalue weighted by Crippen LogP contribution is -2.16. The Morgan fingerprint density at radius 1 is 1.10 bits per heavy atom. The van der Waals surface area contributed by atoms with Crippen LogP contribution in [0.5, 0.6) is 0 Å². The molecule has 0 amide bonds. The van der Waals surface area contributed by atoms with Gasteiger partial charge in [-0.3, -0.25) is 4.98 Å². The van der Waals surface area contributed by atoms with Crippen molar-refractivity contribution < 1.29 is 4.39 Å². The number of nitrogens with zero attached hydrogens (tertiary/aromatic N) is 1. The summed E-state index contributed by atoms with van der Waals surface area (Å²) in [4.78, 5) is 4.16. The second-order valence-electron chi connectivity index (χ2n) is 7.32. The average molecular weight is 382 g/mol. The Kier molecular flexibility index (Phi) is 5.13. The van der Waals surface area contributed by atoms with E-state index in [-0.39, 0.29) is 5.82 Å². The number of rotatable bonds is 4. The third-order valence-corrected chi connectivity index (χ3v) is 5.28. The van der Waals surface area contributed by atoms with Crippen molar-refractivity contribution in [2.75, 3.05) is 11.9 Å². The largest absolute Gasteiger partial charge is 0.380 e. The molecule has 0 spiro atoms. The SMILES string of the molecule is C=C(/C=C/c1c(C)cccc1F)C1=C(c2ccncc2)c2cc(C)ccc2NC1. The highest BCUT2D eigenvalue weighted by molar-refractivity contribution is 5.93. The molecule has 0 saturated heterocycles. The zero-order valence-electron chi connectivity index (χ0n) is 16.7. The van der Waals surface area contributed by atoms with Crippen LogP contribution >= 0.6 is 0 Å². The zero-order valence-corrected chi connectivity index (χ0v) is 16.7. The summed E-state index contributed by atoms with van der Waals surface area (Å²) in [5, 5.41) is 3.50. The summed E-state index contributed by atoms with van der Waals surface area (Å²) in [7, 11) is 0. The molecule has 0 atom stereocenters. The van der Waals surface area contributed by atoms with Gasteiger partial charge in [0, 0.05) is 35.8 Å². The Hall–Kier alpha value is -3.46. The molecule has 1 N–H and O–H groups in total. The van der Waals surface area contributed by atoms with E-state index in [2.05, 4.69) is 42.0 Å². The Balaban J connectivity index is 1.82. The van der Waals surface area contributed by atoms with Crippen molar-refractivity contribution >= 4 is 17.3 Å². The average Bonchev–Trinajstić information content (AvgIpc) is 2.73. The molecule has 2 nitrogen and oxygen atoms in total. The van der Waals surface area contributed by atoms with E-state index in [0.717, 1.165) is 39.1 Å². The molecule has 0 unspecified atom stereocenters. The van der Waals surface area contributed by atoms with Crippen molar-refractivity contribution in [1.82, 2.24) is 4.98 Å². The van der Waals surface area contributed by atoms with Crippen LogP contribution in [-0.4, -0.2) is 11.5 Å². The number of hydrogen-bond acceptors (Lipinski definition) is 2. The number of anilines is 1. The van der Waals surface area contributed by atoms with Gasteiger partial charge >= 0.3 is 0 Å². The first-order valence-corrected chi connectivity index (χ1v) is 9.65. The van der Waals surface area contributed by atoms with Gasteiger partial charge in [-0.05, 0) is 72.0 Å². The molecule has 29 heavy (non-hydrogen) atoms. The number of nitrogens with one attached hydrogen (secondary N) is 1. The summed E-state index contributed by atoms with van der Waals surface area (Å²) in [5.41, 5.74) is 9.15. The molecule has 1 aliphatic heterocycles. The molecule has 2 aromatic carbocycles. The van der Waals surface area contributed by atoms with Gasteiger partial charge in [-0.25, -0.2) is 4.39 Å². The van der Waals surface area contributed by atoms with E-state index < -0.39 is 0 Å². The van der Waals surface area contributed by atoms with Crippen molar-refractivity contribution in [2.45, 2.75) is 13.8 Å². The molecule has 0 bridgehead atoms. The quantitative estimate of drug-likeness (QED) is 0.533. The highest BCUT2D eigenvalue weighted by Crippen LogP contribution is 2.38. The highest BCUT2D eigenvalue weighted by atomic mass is 19.1. The van der Waals surface area contributed by atoms with Crippen molar-refractivity contribution in [3.8, 4) is 0 Å². The van der Waals surface area contributed by atoms with E-state index in [1.54, 1.807) is 18.5 Å². The maximum atomic E-state index is 14.2. The van der Waals surface area contributed by atoms with Gasteiger partial charge < -0.3 is 5.32 Å². The summed E-state index contributed by atoms with van der Waals surface area (Å²) < 4.78 is 14.2. The molecule has 3 heteroatoms. The number of pyridine rings is 1. The molecule has 0 aliphatic carbocycles. The molecule has 3 aromatic rings. The third-order valence-electron chi connectivity index (χ3n) is 5.28. The molecule has 4 rings (SSSR count). The molecule has 0 fully saturated rings. The maximum absolute atomic E-state index is 14.2. The van der Waals surface area contributed by atoms with E-state index >= 15 is 0 Å². The topological polar surface area (TPSA) is 24.9 Å². The van der Waals surface area contributed by atoms with Gasteiger partial charge in [0.2, 0.25) is 0 Å². The highest BCUT2D eigenvalue weighted by Gasteiger charge is 2.21. The van der Waals surface area contributed by atoms with Crippen LogP contribution in [0.2, 0.25) is 0 Å². The smallest absolute Gasteiger partial charge is 0.130 e. The van der Waals surface area contributed by atoms with E-state index in [1.807, 2.05) is 37.3 Å². The molecule has 1 aromatic heterocycles. The van der Waals surface area contributed by atoms with Crippen molar-refractivity contribution in [1.29, 1.82) is 0 Å². The number of allylic oxidation sites excluding steroid dienone is 1. The van der Waals surface area contributed by atoms with Crippen molar-refractivity contribution in [3.05, 3.63) is 118 Å². The van der Waals surface area contributed by atoms with Crippen molar-refractivity contribution in [2.24, 2.45) is 0 Å². The van der Waals surface area contributed by atoms with Gasteiger partial charge in [-0.15, -0.1) is 0 Å². The van der Waals surface area contributed by atoms with Crippen LogP contribution in [0, 0.1) is 19.7 Å². The summed E-state index contributed by atoms with van der Waals surface area (Å²) in [5.74, 6) is -0.222. The van der Waals surface area contributed by atoms with E-state index in [1.165, 1.54) is 11.6 Å². The lowest BCUT2D eigenvalue weighted by Gasteiger charge is -2.26. The zero-order chi connectivity index (χ0) is 20.4. The van der Waals surface area contributed by atoms with Crippen LogP contribution in [0.15, 0.2) is 84.7 Å². The summed E-state index contributed by atoms with van der Waals surface area (Å²) in [6.45, 7) is 8.96. The van der Waals surface area contributed by atoms with Crippen molar-refractivity contribution in [3.63, 3.8) is 0 Å². The summed E-state index contributed by atoms with van der Waals surface area (Å²) in [6.07, 6.45) is 7.33. The standard InChI is InChI=1S/C26H23FN2/c1-17-7-10-25-22(15-17)26(20-11-13-28-14-12-20)23(16-29-25)19(3)8-9-21-18(2)5-4-6-24(21)27/h4-15,29H,3,16H2,1-2H3/b9-8+. The summed E-state index contributed by atoms with van der Waals surface area (Å²) in [6, 6.07) is 15.6. The molecular weight excluding hydrogens is 359 g/mol. The number of halogens is 1.